The molecule has 0 unspecified atom stereocenters. The van der Waals surface area contributed by atoms with Crippen molar-refractivity contribution >= 4 is 18.4 Å². The molecule has 10 heteroatoms. The van der Waals surface area contributed by atoms with Crippen LogP contribution >= 0.6 is 0 Å². The zero-order valence-corrected chi connectivity index (χ0v) is 14.9. The molecule has 0 atom stereocenters. The molecule has 5 nitrogen and oxygen atoms in total. The van der Waals surface area contributed by atoms with Crippen molar-refractivity contribution in [3.63, 3.8) is 0 Å². The molecule has 21 heavy (non-hydrogen) atoms. The van der Waals surface area contributed by atoms with Gasteiger partial charge in [-0.2, -0.15) is 0 Å². The minimum atomic E-state index is -4.91. The van der Waals surface area contributed by atoms with E-state index in [0.717, 1.165) is 26.2 Å². The Morgan fingerprint density at radius 3 is 2.48 bits per heavy atom. The van der Waals surface area contributed by atoms with Crippen LogP contribution < -0.4 is 61.6 Å². The van der Waals surface area contributed by atoms with Crippen LogP contribution in [0.1, 0.15) is 5.56 Å². The van der Waals surface area contributed by atoms with E-state index in [9.17, 15) is 12.9 Å². The van der Waals surface area contributed by atoms with Gasteiger partial charge in [0.2, 0.25) is 0 Å². The SMILES string of the molecule is [K+].[N-]=[N+]=Nc1cc(C[B-](F)(F)F)cc(N2CCNCC2)c1. The predicted molar refractivity (Wildman–Crippen MR) is 73.1 cm³/mol. The minimum Gasteiger partial charge on any atom is -0.449 e. The van der Waals surface area contributed by atoms with Gasteiger partial charge in [0.1, 0.15) is 0 Å². The second-order valence-electron chi connectivity index (χ2n) is 4.70. The van der Waals surface area contributed by atoms with Crippen LogP contribution in [0.2, 0.25) is 0 Å². The van der Waals surface area contributed by atoms with Crippen molar-refractivity contribution in [1.29, 1.82) is 0 Å². The van der Waals surface area contributed by atoms with Crippen molar-refractivity contribution < 1.29 is 64.3 Å². The number of piperazine rings is 1. The second kappa shape index (κ2) is 8.42. The Bertz CT molecular complexity index is 527. The Morgan fingerprint density at radius 1 is 1.24 bits per heavy atom. The van der Waals surface area contributed by atoms with Gasteiger partial charge in [0.15, 0.2) is 0 Å². The number of nitrogens with one attached hydrogen (secondary N) is 1. The summed E-state index contributed by atoms with van der Waals surface area (Å²) in [6.07, 6.45) is -0.964. The molecule has 1 aromatic rings. The average Bonchev–Trinajstić information content (AvgIpc) is 2.38. The Kier molecular flexibility index (Phi) is 7.55. The fourth-order valence-electron chi connectivity index (χ4n) is 2.26. The fraction of sp³-hybridized carbons (Fsp3) is 0.455. The molecule has 0 aromatic heterocycles. The van der Waals surface area contributed by atoms with Gasteiger partial charge in [0.05, 0.1) is 0 Å². The van der Waals surface area contributed by atoms with Gasteiger partial charge in [0, 0.05) is 42.5 Å². The van der Waals surface area contributed by atoms with Crippen LogP contribution in [0.5, 0.6) is 0 Å². The van der Waals surface area contributed by atoms with Crippen molar-refractivity contribution in [3.8, 4) is 0 Å². The van der Waals surface area contributed by atoms with Gasteiger partial charge in [0.25, 0.3) is 0 Å². The largest absolute Gasteiger partial charge is 1.00 e. The van der Waals surface area contributed by atoms with E-state index in [1.54, 1.807) is 6.07 Å². The van der Waals surface area contributed by atoms with E-state index in [1.165, 1.54) is 12.1 Å². The maximum atomic E-state index is 12.6. The molecule has 0 saturated carbocycles. The number of anilines is 1. The standard InChI is InChI=1S/C11H14BF3N5.K/c13-12(14,15)8-9-5-10(18-19-16)7-11(6-9)20-3-1-17-2-4-20;/h5-7,17H,1-4,8H2;/q-1;+1. The van der Waals surface area contributed by atoms with Crippen LogP contribution in [0.15, 0.2) is 23.3 Å². The third-order valence-electron chi connectivity index (χ3n) is 3.07. The van der Waals surface area contributed by atoms with Crippen molar-refractivity contribution in [2.24, 2.45) is 5.11 Å². The van der Waals surface area contributed by atoms with Gasteiger partial charge in [-0.1, -0.05) is 23.1 Å². The van der Waals surface area contributed by atoms with Gasteiger partial charge in [-0.05, 0) is 17.7 Å². The van der Waals surface area contributed by atoms with E-state index in [2.05, 4.69) is 15.3 Å². The Hall–Kier alpha value is -0.219. The number of nitrogens with zero attached hydrogens (tertiary/aromatic N) is 4. The fourth-order valence-corrected chi connectivity index (χ4v) is 2.26. The third-order valence-corrected chi connectivity index (χ3v) is 3.07. The third kappa shape index (κ3) is 6.19. The zero-order chi connectivity index (χ0) is 14.6. The first-order valence-electron chi connectivity index (χ1n) is 6.34. The van der Waals surface area contributed by atoms with Gasteiger partial charge in [-0.25, -0.2) is 0 Å². The molecule has 1 aliphatic heterocycles. The molecule has 1 saturated heterocycles. The van der Waals surface area contributed by atoms with Gasteiger partial charge >= 0.3 is 58.4 Å². The zero-order valence-electron chi connectivity index (χ0n) is 11.8. The monoisotopic (exact) mass is 323 g/mol. The molecular weight excluding hydrogens is 309 g/mol. The van der Waals surface area contributed by atoms with Crippen LogP contribution in [0.4, 0.5) is 24.3 Å². The first-order valence-corrected chi connectivity index (χ1v) is 6.34. The number of azide groups is 1. The molecule has 1 aromatic carbocycles. The quantitative estimate of drug-likeness (QED) is 0.366. The molecule has 0 aliphatic carbocycles. The van der Waals surface area contributed by atoms with E-state index in [4.69, 9.17) is 5.53 Å². The number of halogens is 3. The molecule has 0 radical (unpaired) electrons. The summed E-state index contributed by atoms with van der Waals surface area (Å²) in [4.78, 5) is 4.63. The van der Waals surface area contributed by atoms with Gasteiger partial charge < -0.3 is 23.2 Å². The van der Waals surface area contributed by atoms with Crippen LogP contribution in [0.25, 0.3) is 10.4 Å². The molecule has 1 fully saturated rings. The second-order valence-corrected chi connectivity index (χ2v) is 4.70. The topological polar surface area (TPSA) is 64.0 Å². The number of benzene rings is 1. The van der Waals surface area contributed by atoms with Gasteiger partial charge in [-0.15, -0.1) is 0 Å². The minimum absolute atomic E-state index is 0. The normalized spacial score (nSPS) is 15.1. The maximum absolute atomic E-state index is 12.6. The Morgan fingerprint density at radius 2 is 1.90 bits per heavy atom. The Balaban J connectivity index is 0.00000220. The van der Waals surface area contributed by atoms with Crippen molar-refractivity contribution in [2.75, 3.05) is 31.1 Å². The van der Waals surface area contributed by atoms with E-state index in [-0.39, 0.29) is 62.6 Å². The first-order chi connectivity index (χ1) is 9.48. The summed E-state index contributed by atoms with van der Waals surface area (Å²) in [6.45, 7) is -1.91. The summed E-state index contributed by atoms with van der Waals surface area (Å²) in [6, 6.07) is 4.44. The molecule has 1 N–H and O–H groups in total. The van der Waals surface area contributed by atoms with E-state index in [0.29, 0.717) is 5.69 Å². The van der Waals surface area contributed by atoms with Crippen molar-refractivity contribution in [3.05, 3.63) is 34.2 Å². The van der Waals surface area contributed by atoms with Crippen molar-refractivity contribution in [2.45, 2.75) is 6.32 Å². The molecule has 1 aliphatic rings. The smallest absolute Gasteiger partial charge is 0.449 e. The molecule has 0 amide bonds. The molecule has 108 valence electrons. The number of rotatable bonds is 4. The maximum Gasteiger partial charge on any atom is 1.00 e. The number of hydrogen-bond acceptors (Lipinski definition) is 3. The average molecular weight is 323 g/mol. The summed E-state index contributed by atoms with van der Waals surface area (Å²) >= 11 is 0. The molecule has 1 heterocycles. The molecule has 0 bridgehead atoms. The molecule has 2 rings (SSSR count). The van der Waals surface area contributed by atoms with Gasteiger partial charge in [-0.3, -0.25) is 0 Å². The van der Waals surface area contributed by atoms with Crippen LogP contribution in [-0.2, 0) is 6.32 Å². The van der Waals surface area contributed by atoms with E-state index in [1.807, 2.05) is 4.90 Å². The summed E-state index contributed by atoms with van der Waals surface area (Å²) in [5.74, 6) is 0. The van der Waals surface area contributed by atoms with Crippen LogP contribution in [-0.4, -0.2) is 33.2 Å². The summed E-state index contributed by atoms with van der Waals surface area (Å²) in [5.41, 5.74) is 9.49. The Labute approximate surface area is 163 Å². The van der Waals surface area contributed by atoms with E-state index >= 15 is 0 Å². The summed E-state index contributed by atoms with van der Waals surface area (Å²) < 4.78 is 37.7. The van der Waals surface area contributed by atoms with Crippen LogP contribution in [0.3, 0.4) is 0 Å². The number of hydrogen-bond donors (Lipinski definition) is 1. The van der Waals surface area contributed by atoms with E-state index < -0.39 is 13.3 Å². The molecule has 0 spiro atoms. The summed E-state index contributed by atoms with van der Waals surface area (Å²) in [7, 11) is 0. The summed E-state index contributed by atoms with van der Waals surface area (Å²) in [5, 5.41) is 6.61. The first kappa shape index (κ1) is 18.8. The van der Waals surface area contributed by atoms with Crippen molar-refractivity contribution in [1.82, 2.24) is 5.32 Å². The molecular formula is C11H14BF3KN5. The van der Waals surface area contributed by atoms with Crippen LogP contribution in [0, 0.1) is 0 Å². The predicted octanol–water partition coefficient (Wildman–Crippen LogP) is -0.0289.